The molecule has 1 aromatic carbocycles. The van der Waals surface area contributed by atoms with Crippen LogP contribution in [0.4, 0.5) is 0 Å². The van der Waals surface area contributed by atoms with Crippen molar-refractivity contribution in [2.45, 2.75) is 55.9 Å². The summed E-state index contributed by atoms with van der Waals surface area (Å²) in [6, 6.07) is 5.99. The fraction of sp³-hybridized carbons (Fsp3) is 0.545. The second kappa shape index (κ2) is 9.40. The Hall–Kier alpha value is -2.39. The molecule has 0 saturated carbocycles. The van der Waals surface area contributed by atoms with Gasteiger partial charge in [-0.1, -0.05) is 19.3 Å². The largest absolute Gasteiger partial charge is 0.497 e. The Kier molecular flexibility index (Phi) is 6.62. The van der Waals surface area contributed by atoms with Crippen LogP contribution in [0.2, 0.25) is 0 Å². The zero-order valence-electron chi connectivity index (χ0n) is 17.9. The lowest BCUT2D eigenvalue weighted by Gasteiger charge is -2.34. The maximum absolute atomic E-state index is 13.5. The first-order valence-corrected chi connectivity index (χ1v) is 12.4. The van der Waals surface area contributed by atoms with Crippen LogP contribution in [-0.2, 0) is 10.0 Å². The predicted octanol–water partition coefficient (Wildman–Crippen LogP) is 3.35. The van der Waals surface area contributed by atoms with Crippen molar-refractivity contribution in [1.29, 1.82) is 0 Å². The molecular weight excluding hydrogens is 416 g/mol. The Labute approximate surface area is 183 Å². The summed E-state index contributed by atoms with van der Waals surface area (Å²) in [5.74, 6) is 0.547. The van der Waals surface area contributed by atoms with Crippen LogP contribution in [0.25, 0.3) is 0 Å². The lowest BCUT2D eigenvalue weighted by Crippen LogP contribution is -2.40. The van der Waals surface area contributed by atoms with Gasteiger partial charge < -0.3 is 9.64 Å². The fourth-order valence-corrected chi connectivity index (χ4v) is 6.20. The number of nitrogens with one attached hydrogen (secondary N) is 1. The standard InChI is InChI=1S/C22H30N4O4S/c1-30-17-9-11-18(12-10-17)31(28,29)26-15-7-4-8-20(26)21-19(16-23-24-21)22(27)25-13-5-2-3-6-14-25/h9-12,16,20H,2-8,13-15H2,1H3,(H,23,24)/t20-/m1/s1. The molecule has 0 radical (unpaired) electrons. The number of methoxy groups -OCH3 is 1. The minimum absolute atomic E-state index is 0.0574. The number of ether oxygens (including phenoxy) is 1. The number of sulfonamides is 1. The molecule has 0 unspecified atom stereocenters. The van der Waals surface area contributed by atoms with Gasteiger partial charge in [0.15, 0.2) is 0 Å². The molecule has 0 bridgehead atoms. The smallest absolute Gasteiger partial charge is 0.257 e. The van der Waals surface area contributed by atoms with Crippen LogP contribution in [0.5, 0.6) is 5.75 Å². The molecule has 3 heterocycles. The summed E-state index contributed by atoms with van der Waals surface area (Å²) in [5.41, 5.74) is 1.09. The van der Waals surface area contributed by atoms with Crippen molar-refractivity contribution in [3.8, 4) is 5.75 Å². The highest BCUT2D eigenvalue weighted by atomic mass is 32.2. The third-order valence-corrected chi connectivity index (χ3v) is 8.17. The summed E-state index contributed by atoms with van der Waals surface area (Å²) in [6.07, 6.45) is 8.16. The highest BCUT2D eigenvalue weighted by molar-refractivity contribution is 7.89. The maximum Gasteiger partial charge on any atom is 0.257 e. The van der Waals surface area contributed by atoms with Crippen molar-refractivity contribution in [2.24, 2.45) is 0 Å². The van der Waals surface area contributed by atoms with Crippen molar-refractivity contribution >= 4 is 15.9 Å². The second-order valence-electron chi connectivity index (χ2n) is 8.21. The Morgan fingerprint density at radius 2 is 1.71 bits per heavy atom. The van der Waals surface area contributed by atoms with Gasteiger partial charge in [0.25, 0.3) is 5.91 Å². The van der Waals surface area contributed by atoms with Gasteiger partial charge >= 0.3 is 0 Å². The molecule has 9 heteroatoms. The number of carbonyl (C=O) groups excluding carboxylic acids is 1. The molecular formula is C22H30N4O4S. The van der Waals surface area contributed by atoms with E-state index in [4.69, 9.17) is 4.74 Å². The van der Waals surface area contributed by atoms with Gasteiger partial charge in [-0.3, -0.25) is 9.89 Å². The fourth-order valence-electron chi connectivity index (χ4n) is 4.53. The van der Waals surface area contributed by atoms with Crippen molar-refractivity contribution in [1.82, 2.24) is 19.4 Å². The molecule has 31 heavy (non-hydrogen) atoms. The lowest BCUT2D eigenvalue weighted by molar-refractivity contribution is 0.0758. The third-order valence-electron chi connectivity index (χ3n) is 6.25. The summed E-state index contributed by atoms with van der Waals surface area (Å²) >= 11 is 0. The van der Waals surface area contributed by atoms with Crippen LogP contribution >= 0.6 is 0 Å². The molecule has 1 aromatic heterocycles. The lowest BCUT2D eigenvalue weighted by atomic mass is 9.99. The van der Waals surface area contributed by atoms with Gasteiger partial charge in [-0.2, -0.15) is 9.40 Å². The molecule has 1 atom stereocenters. The summed E-state index contributed by atoms with van der Waals surface area (Å²) < 4.78 is 33.6. The molecule has 8 nitrogen and oxygen atoms in total. The first kappa shape index (κ1) is 21.8. The van der Waals surface area contributed by atoms with Gasteiger partial charge in [0.05, 0.1) is 35.5 Å². The molecule has 168 valence electrons. The van der Waals surface area contributed by atoms with E-state index in [1.807, 2.05) is 4.90 Å². The Morgan fingerprint density at radius 1 is 1.03 bits per heavy atom. The number of hydrogen-bond donors (Lipinski definition) is 1. The number of amides is 1. The van der Waals surface area contributed by atoms with Crippen LogP contribution < -0.4 is 4.74 Å². The number of carbonyl (C=O) groups is 1. The van der Waals surface area contributed by atoms with Crippen molar-refractivity contribution in [3.63, 3.8) is 0 Å². The highest BCUT2D eigenvalue weighted by Crippen LogP contribution is 2.36. The number of aromatic amines is 1. The Balaban J connectivity index is 1.64. The van der Waals surface area contributed by atoms with E-state index in [1.54, 1.807) is 37.6 Å². The number of likely N-dealkylation sites (tertiary alicyclic amines) is 1. The van der Waals surface area contributed by atoms with E-state index < -0.39 is 16.1 Å². The molecule has 2 saturated heterocycles. The highest BCUT2D eigenvalue weighted by Gasteiger charge is 2.37. The number of hydrogen-bond acceptors (Lipinski definition) is 5. The van der Waals surface area contributed by atoms with Gasteiger partial charge in [0.1, 0.15) is 5.75 Å². The minimum atomic E-state index is -3.73. The van der Waals surface area contributed by atoms with E-state index in [0.717, 1.165) is 51.6 Å². The van der Waals surface area contributed by atoms with Gasteiger partial charge in [-0.25, -0.2) is 8.42 Å². The molecule has 0 spiro atoms. The molecule has 0 aliphatic carbocycles. The van der Waals surface area contributed by atoms with Crippen LogP contribution in [0.15, 0.2) is 35.4 Å². The Bertz CT molecular complexity index is 995. The first-order valence-electron chi connectivity index (χ1n) is 11.0. The quantitative estimate of drug-likeness (QED) is 0.760. The zero-order valence-corrected chi connectivity index (χ0v) is 18.7. The molecule has 2 fully saturated rings. The van der Waals surface area contributed by atoms with E-state index in [2.05, 4.69) is 10.2 Å². The zero-order chi connectivity index (χ0) is 21.8. The molecule has 2 aromatic rings. The van der Waals surface area contributed by atoms with E-state index in [9.17, 15) is 13.2 Å². The number of rotatable bonds is 5. The average Bonchev–Trinajstić information content (AvgIpc) is 3.13. The van der Waals surface area contributed by atoms with Crippen molar-refractivity contribution in [2.75, 3.05) is 26.7 Å². The molecule has 2 aliphatic heterocycles. The van der Waals surface area contributed by atoms with E-state index >= 15 is 0 Å². The topological polar surface area (TPSA) is 95.6 Å². The molecule has 1 N–H and O–H groups in total. The maximum atomic E-state index is 13.5. The third kappa shape index (κ3) is 4.48. The van der Waals surface area contributed by atoms with Crippen molar-refractivity contribution in [3.05, 3.63) is 41.7 Å². The predicted molar refractivity (Wildman–Crippen MR) is 116 cm³/mol. The van der Waals surface area contributed by atoms with Crippen LogP contribution in [0.1, 0.15) is 67.0 Å². The summed E-state index contributed by atoms with van der Waals surface area (Å²) in [6.45, 7) is 1.89. The monoisotopic (exact) mass is 446 g/mol. The Morgan fingerprint density at radius 3 is 2.39 bits per heavy atom. The SMILES string of the molecule is COc1ccc(S(=O)(=O)N2CCCC[C@@H]2c2[nH]ncc2C(=O)N2CCCCCC2)cc1. The van der Waals surface area contributed by atoms with Crippen LogP contribution in [0.3, 0.4) is 0 Å². The van der Waals surface area contributed by atoms with Gasteiger partial charge in [-0.15, -0.1) is 0 Å². The molecule has 1 amide bonds. The normalized spacial score (nSPS) is 20.9. The second-order valence-corrected chi connectivity index (χ2v) is 10.1. The number of H-pyrrole nitrogens is 1. The number of nitrogens with zero attached hydrogens (tertiary/aromatic N) is 3. The van der Waals surface area contributed by atoms with Gasteiger partial charge in [0.2, 0.25) is 10.0 Å². The van der Waals surface area contributed by atoms with Crippen LogP contribution in [-0.4, -0.2) is 60.5 Å². The van der Waals surface area contributed by atoms with Crippen LogP contribution in [0, 0.1) is 0 Å². The number of piperidine rings is 1. The number of benzene rings is 1. The van der Waals surface area contributed by atoms with E-state index in [1.165, 1.54) is 4.31 Å². The molecule has 4 rings (SSSR count). The van der Waals surface area contributed by atoms with E-state index in [-0.39, 0.29) is 10.8 Å². The summed E-state index contributed by atoms with van der Waals surface area (Å²) in [4.78, 5) is 15.4. The van der Waals surface area contributed by atoms with E-state index in [0.29, 0.717) is 30.0 Å². The first-order chi connectivity index (χ1) is 15.0. The molecule has 2 aliphatic rings. The number of aromatic nitrogens is 2. The summed E-state index contributed by atoms with van der Waals surface area (Å²) in [5, 5.41) is 7.10. The van der Waals surface area contributed by atoms with Gasteiger partial charge in [-0.05, 0) is 49.9 Å². The van der Waals surface area contributed by atoms with Crippen molar-refractivity contribution < 1.29 is 17.9 Å². The average molecular weight is 447 g/mol. The minimum Gasteiger partial charge on any atom is -0.497 e. The summed E-state index contributed by atoms with van der Waals surface area (Å²) in [7, 11) is -2.18. The van der Waals surface area contributed by atoms with Gasteiger partial charge in [0, 0.05) is 19.6 Å².